The molecule has 4 heterocycles. The summed E-state index contributed by atoms with van der Waals surface area (Å²) in [5.74, 6) is 0.309. The number of aromatic nitrogens is 5. The van der Waals surface area contributed by atoms with E-state index >= 15 is 4.39 Å². The number of nitrogens with zero attached hydrogens (tertiary/aromatic N) is 7. The van der Waals surface area contributed by atoms with Crippen LogP contribution in [0.5, 0.6) is 0 Å². The van der Waals surface area contributed by atoms with Crippen LogP contribution in [-0.2, 0) is 13.0 Å². The normalized spacial score (nSPS) is 13.6. The number of hydrogen-bond acceptors (Lipinski definition) is 8. The highest BCUT2D eigenvalue weighted by atomic mass is 35.5. The number of nitrogens with two attached hydrogens (primary N) is 1. The Hall–Kier alpha value is -3.25. The molecule has 9 nitrogen and oxygen atoms in total. The van der Waals surface area contributed by atoms with E-state index in [-0.39, 0.29) is 35.6 Å². The Bertz CT molecular complexity index is 1490. The molecule has 0 spiro atoms. The number of nitrogens with one attached hydrogen (secondary N) is 1. The zero-order valence-corrected chi connectivity index (χ0v) is 24.1. The molecule has 0 amide bonds. The fraction of sp³-hybridized carbons (Fsp3) is 0.429. The number of likely N-dealkylation sites (N-methyl/N-ethyl adjacent to an activating group) is 1. The van der Waals surface area contributed by atoms with Gasteiger partial charge in [0.15, 0.2) is 11.6 Å². The number of benzene rings is 1. The third-order valence-electron chi connectivity index (χ3n) is 7.13. The van der Waals surface area contributed by atoms with Crippen molar-refractivity contribution in [3.8, 4) is 11.3 Å². The van der Waals surface area contributed by atoms with E-state index in [9.17, 15) is 4.39 Å². The lowest BCUT2D eigenvalue weighted by atomic mass is 10.1. The standard InChI is InChI=1S/C28H35F2N9.ClH/c1-17(2)39-18(3)33-27-21(29)13-20(14-24(27)39)26-22(30)15-32-28(36-26)35-25-6-5-19-16-38(9-7-23(19)34-25)12-11-37(4)10-8-31;/h5-6,13-15,17H,7-12,16,31H2,1-4H3,(H,32,34,35,36);1H. The maximum atomic E-state index is 15.0. The molecule has 0 saturated carbocycles. The highest BCUT2D eigenvalue weighted by molar-refractivity contribution is 5.85. The summed E-state index contributed by atoms with van der Waals surface area (Å²) in [7, 11) is 2.09. The average Bonchev–Trinajstić information content (AvgIpc) is 3.25. The van der Waals surface area contributed by atoms with Crippen LogP contribution in [0.15, 0.2) is 30.5 Å². The third-order valence-corrected chi connectivity index (χ3v) is 7.13. The Balaban J connectivity index is 0.00000370. The number of pyridine rings is 1. The molecule has 1 aliphatic rings. The van der Waals surface area contributed by atoms with Crippen molar-refractivity contribution in [2.75, 3.05) is 45.1 Å². The van der Waals surface area contributed by atoms with Crippen molar-refractivity contribution in [2.45, 2.75) is 39.8 Å². The van der Waals surface area contributed by atoms with Gasteiger partial charge in [0.1, 0.15) is 22.9 Å². The van der Waals surface area contributed by atoms with Crippen LogP contribution in [0.25, 0.3) is 22.3 Å². The minimum absolute atomic E-state index is 0. The van der Waals surface area contributed by atoms with E-state index < -0.39 is 11.6 Å². The first-order valence-electron chi connectivity index (χ1n) is 13.3. The van der Waals surface area contributed by atoms with Crippen molar-refractivity contribution in [1.29, 1.82) is 0 Å². The molecule has 214 valence electrons. The lowest BCUT2D eigenvalue weighted by Crippen LogP contribution is -2.38. The van der Waals surface area contributed by atoms with Crippen LogP contribution in [0.3, 0.4) is 0 Å². The van der Waals surface area contributed by atoms with Gasteiger partial charge in [-0.25, -0.2) is 28.7 Å². The second kappa shape index (κ2) is 12.5. The fourth-order valence-electron chi connectivity index (χ4n) is 5.18. The minimum atomic E-state index is -0.637. The fourth-order valence-corrected chi connectivity index (χ4v) is 5.18. The topological polar surface area (TPSA) is 101 Å². The smallest absolute Gasteiger partial charge is 0.229 e. The molecular formula is C28H36ClF2N9. The van der Waals surface area contributed by atoms with E-state index in [0.29, 0.717) is 29.3 Å². The molecule has 12 heteroatoms. The number of imidazole rings is 1. The van der Waals surface area contributed by atoms with Crippen LogP contribution in [0.2, 0.25) is 0 Å². The molecule has 0 radical (unpaired) electrons. The van der Waals surface area contributed by atoms with Crippen LogP contribution in [-0.4, -0.2) is 74.1 Å². The van der Waals surface area contributed by atoms with Gasteiger partial charge in [0.2, 0.25) is 5.95 Å². The number of anilines is 2. The van der Waals surface area contributed by atoms with Crippen molar-refractivity contribution >= 4 is 35.2 Å². The van der Waals surface area contributed by atoms with Crippen molar-refractivity contribution in [2.24, 2.45) is 5.73 Å². The van der Waals surface area contributed by atoms with Gasteiger partial charge >= 0.3 is 0 Å². The number of hydrogen-bond donors (Lipinski definition) is 2. The van der Waals surface area contributed by atoms with Gasteiger partial charge in [-0.3, -0.25) is 4.90 Å². The van der Waals surface area contributed by atoms with Crippen LogP contribution in [0, 0.1) is 18.6 Å². The predicted octanol–water partition coefficient (Wildman–Crippen LogP) is 4.47. The molecule has 4 aromatic rings. The number of fused-ring (bicyclic) bond motifs is 2. The van der Waals surface area contributed by atoms with E-state index in [1.165, 1.54) is 11.6 Å². The second-order valence-corrected chi connectivity index (χ2v) is 10.4. The minimum Gasteiger partial charge on any atom is -0.329 e. The summed E-state index contributed by atoms with van der Waals surface area (Å²) >= 11 is 0. The molecular weight excluding hydrogens is 536 g/mol. The molecule has 0 unspecified atom stereocenters. The van der Waals surface area contributed by atoms with E-state index in [2.05, 4.69) is 43.2 Å². The summed E-state index contributed by atoms with van der Waals surface area (Å²) in [5.41, 5.74) is 9.05. The zero-order valence-electron chi connectivity index (χ0n) is 23.3. The summed E-state index contributed by atoms with van der Waals surface area (Å²) in [6, 6.07) is 7.00. The van der Waals surface area contributed by atoms with Gasteiger partial charge in [0.25, 0.3) is 0 Å². The monoisotopic (exact) mass is 571 g/mol. The molecule has 0 saturated heterocycles. The molecule has 0 bridgehead atoms. The van der Waals surface area contributed by atoms with Gasteiger partial charge < -0.3 is 20.5 Å². The number of rotatable bonds is 9. The van der Waals surface area contributed by atoms with Gasteiger partial charge in [0.05, 0.1) is 11.7 Å². The van der Waals surface area contributed by atoms with Gasteiger partial charge in [-0.15, -0.1) is 12.4 Å². The van der Waals surface area contributed by atoms with Crippen LogP contribution >= 0.6 is 12.4 Å². The summed E-state index contributed by atoms with van der Waals surface area (Å²) in [5, 5.41) is 3.10. The molecule has 40 heavy (non-hydrogen) atoms. The Morgan fingerprint density at radius 3 is 2.65 bits per heavy atom. The lowest BCUT2D eigenvalue weighted by molar-refractivity contribution is 0.212. The van der Waals surface area contributed by atoms with Crippen molar-refractivity contribution < 1.29 is 8.78 Å². The van der Waals surface area contributed by atoms with Gasteiger partial charge in [0, 0.05) is 63.0 Å². The molecule has 5 rings (SSSR count). The molecule has 0 fully saturated rings. The zero-order chi connectivity index (χ0) is 27.7. The Kier molecular flexibility index (Phi) is 9.29. The van der Waals surface area contributed by atoms with Crippen molar-refractivity contribution in [1.82, 2.24) is 34.3 Å². The molecule has 1 aliphatic heterocycles. The van der Waals surface area contributed by atoms with Gasteiger partial charge in [-0.2, -0.15) is 0 Å². The van der Waals surface area contributed by atoms with E-state index in [0.717, 1.165) is 51.0 Å². The van der Waals surface area contributed by atoms with E-state index in [1.54, 1.807) is 6.07 Å². The maximum Gasteiger partial charge on any atom is 0.229 e. The highest BCUT2D eigenvalue weighted by Crippen LogP contribution is 2.30. The van der Waals surface area contributed by atoms with Crippen LogP contribution < -0.4 is 11.1 Å². The SMILES string of the molecule is Cc1nc2c(F)cc(-c3nc(Nc4ccc5c(n4)CCN(CCN(C)CCN)C5)ncc3F)cc2n1C(C)C.Cl. The Morgan fingerprint density at radius 1 is 1.10 bits per heavy atom. The molecule has 0 aliphatic carbocycles. The van der Waals surface area contributed by atoms with Gasteiger partial charge in [-0.1, -0.05) is 6.07 Å². The highest BCUT2D eigenvalue weighted by Gasteiger charge is 2.20. The van der Waals surface area contributed by atoms with Crippen molar-refractivity contribution in [3.63, 3.8) is 0 Å². The summed E-state index contributed by atoms with van der Waals surface area (Å²) < 4.78 is 31.8. The Labute approximate surface area is 239 Å². The predicted molar refractivity (Wildman–Crippen MR) is 156 cm³/mol. The largest absolute Gasteiger partial charge is 0.329 e. The second-order valence-electron chi connectivity index (χ2n) is 10.4. The average molecular weight is 572 g/mol. The summed E-state index contributed by atoms with van der Waals surface area (Å²) in [4.78, 5) is 22.3. The number of aryl methyl sites for hydroxylation is 1. The van der Waals surface area contributed by atoms with Crippen molar-refractivity contribution in [3.05, 3.63) is 59.2 Å². The van der Waals surface area contributed by atoms with E-state index in [1.807, 2.05) is 31.4 Å². The van der Waals surface area contributed by atoms with Crippen LogP contribution in [0.1, 0.15) is 37.0 Å². The molecule has 3 aromatic heterocycles. The molecule has 0 atom stereocenters. The summed E-state index contributed by atoms with van der Waals surface area (Å²) in [6.45, 7) is 11.1. The summed E-state index contributed by atoms with van der Waals surface area (Å²) in [6.07, 6.45) is 1.93. The van der Waals surface area contributed by atoms with E-state index in [4.69, 9.17) is 10.7 Å². The quantitative estimate of drug-likeness (QED) is 0.303. The molecule has 1 aromatic carbocycles. The Morgan fingerprint density at radius 2 is 1.90 bits per heavy atom. The van der Waals surface area contributed by atoms with Gasteiger partial charge in [-0.05, 0) is 51.6 Å². The third kappa shape index (κ3) is 6.22. The molecule has 3 N–H and O–H groups in total. The maximum absolute atomic E-state index is 15.0. The first kappa shape index (κ1) is 29.7. The first-order valence-corrected chi connectivity index (χ1v) is 13.3. The first-order chi connectivity index (χ1) is 18.7. The number of halogens is 3. The van der Waals surface area contributed by atoms with Crippen LogP contribution in [0.4, 0.5) is 20.5 Å². The lowest BCUT2D eigenvalue weighted by Gasteiger charge is -2.29.